The van der Waals surface area contributed by atoms with E-state index in [1.165, 1.54) is 212 Å². The van der Waals surface area contributed by atoms with Crippen LogP contribution in [0.15, 0.2) is 85.1 Å². The van der Waals surface area contributed by atoms with E-state index in [4.69, 9.17) is 14.2 Å². The number of rotatable bonds is 64. The molecule has 1 atom stereocenters. The van der Waals surface area contributed by atoms with E-state index in [0.29, 0.717) is 19.3 Å². The molecule has 0 aromatic heterocycles. The summed E-state index contributed by atoms with van der Waals surface area (Å²) in [6, 6.07) is 0. The molecular weight excluding hydrogens is 997 g/mol. The van der Waals surface area contributed by atoms with Crippen LogP contribution in [0, 0.1) is 0 Å². The molecule has 0 radical (unpaired) electrons. The molecule has 0 spiro atoms. The van der Waals surface area contributed by atoms with Crippen molar-refractivity contribution in [2.24, 2.45) is 0 Å². The van der Waals surface area contributed by atoms with Crippen molar-refractivity contribution in [3.8, 4) is 0 Å². The lowest BCUT2D eigenvalue weighted by Crippen LogP contribution is -2.30. The van der Waals surface area contributed by atoms with Gasteiger partial charge in [0.1, 0.15) is 13.2 Å². The highest BCUT2D eigenvalue weighted by Gasteiger charge is 2.19. The minimum atomic E-state index is -0.776. The monoisotopic (exact) mass is 1130 g/mol. The van der Waals surface area contributed by atoms with Crippen molar-refractivity contribution < 1.29 is 28.6 Å². The summed E-state index contributed by atoms with van der Waals surface area (Å²) < 4.78 is 16.9. The van der Waals surface area contributed by atoms with Gasteiger partial charge in [0.05, 0.1) is 0 Å². The second-order valence-corrected chi connectivity index (χ2v) is 23.4. The molecule has 6 heteroatoms. The van der Waals surface area contributed by atoms with E-state index in [1.807, 2.05) is 0 Å². The second-order valence-electron chi connectivity index (χ2n) is 23.4. The number of hydrogen-bond acceptors (Lipinski definition) is 6. The summed E-state index contributed by atoms with van der Waals surface area (Å²) >= 11 is 0. The Morgan fingerprint density at radius 3 is 0.753 bits per heavy atom. The molecule has 0 bridgehead atoms. The van der Waals surface area contributed by atoms with E-state index >= 15 is 0 Å². The van der Waals surface area contributed by atoms with Crippen molar-refractivity contribution in [1.82, 2.24) is 0 Å². The van der Waals surface area contributed by atoms with Gasteiger partial charge in [-0.3, -0.25) is 14.4 Å². The summed E-state index contributed by atoms with van der Waals surface area (Å²) in [6.07, 6.45) is 92.2. The zero-order valence-electron chi connectivity index (χ0n) is 53.8. The topological polar surface area (TPSA) is 78.9 Å². The second kappa shape index (κ2) is 69.1. The maximum absolute atomic E-state index is 12.9. The van der Waals surface area contributed by atoms with Gasteiger partial charge < -0.3 is 14.2 Å². The maximum Gasteiger partial charge on any atom is 0.306 e. The fraction of sp³-hybridized carbons (Fsp3) is 0.773. The van der Waals surface area contributed by atoms with Gasteiger partial charge in [0.25, 0.3) is 0 Å². The van der Waals surface area contributed by atoms with E-state index < -0.39 is 6.10 Å². The molecular formula is C75H132O6. The van der Waals surface area contributed by atoms with Crippen LogP contribution in [-0.2, 0) is 28.6 Å². The molecule has 0 aliphatic carbocycles. The molecule has 0 amide bonds. The molecule has 468 valence electrons. The number of esters is 3. The average molecular weight is 1130 g/mol. The molecule has 0 rings (SSSR count). The highest BCUT2D eigenvalue weighted by molar-refractivity contribution is 5.71. The predicted octanol–water partition coefficient (Wildman–Crippen LogP) is 24.2. The van der Waals surface area contributed by atoms with Crippen LogP contribution in [0.4, 0.5) is 0 Å². The Labute approximate surface area is 503 Å². The van der Waals surface area contributed by atoms with Gasteiger partial charge in [-0.1, -0.05) is 324 Å². The standard InChI is InChI=1S/C75H132O6/c1-4-7-10-13-16-18-20-22-24-26-28-30-32-33-34-35-36-37-38-39-40-41-43-44-46-48-50-52-54-56-59-62-65-68-74(77)80-71-72(70-79-73(76)67-64-61-58-15-12-9-6-3)81-75(78)69-66-63-60-57-55-53-51-49-47-45-42-31-29-27-25-23-21-19-17-14-11-8-5-2/h7,10,16,18,21-24,27-30,42,45,72H,4-6,8-9,11-15,17,19-20,25-26,31-41,43-44,46-71H2,1-3H3/b10-7-,18-16-,23-21-,24-22-,29-27-,30-28-,45-42-. The molecule has 0 N–H and O–H groups in total. The Morgan fingerprint density at radius 1 is 0.259 bits per heavy atom. The zero-order chi connectivity index (χ0) is 58.5. The van der Waals surface area contributed by atoms with Crippen LogP contribution in [0.5, 0.6) is 0 Å². The van der Waals surface area contributed by atoms with E-state index in [9.17, 15) is 14.4 Å². The molecule has 1 unspecified atom stereocenters. The third-order valence-electron chi connectivity index (χ3n) is 15.4. The van der Waals surface area contributed by atoms with Crippen LogP contribution < -0.4 is 0 Å². The first-order valence-corrected chi connectivity index (χ1v) is 35.1. The summed E-state index contributed by atoms with van der Waals surface area (Å²) in [7, 11) is 0. The minimum Gasteiger partial charge on any atom is -0.462 e. The van der Waals surface area contributed by atoms with Crippen molar-refractivity contribution in [2.45, 2.75) is 361 Å². The molecule has 0 aliphatic rings. The highest BCUT2D eigenvalue weighted by atomic mass is 16.6. The number of allylic oxidation sites excluding steroid dienone is 14. The lowest BCUT2D eigenvalue weighted by Gasteiger charge is -2.18. The third kappa shape index (κ3) is 67.3. The Bertz CT molecular complexity index is 1530. The van der Waals surface area contributed by atoms with Gasteiger partial charge in [0.2, 0.25) is 0 Å². The summed E-state index contributed by atoms with van der Waals surface area (Å²) in [5, 5.41) is 0. The van der Waals surface area contributed by atoms with Gasteiger partial charge in [0, 0.05) is 19.3 Å². The first-order chi connectivity index (χ1) is 40.0. The average Bonchev–Trinajstić information content (AvgIpc) is 3.47. The van der Waals surface area contributed by atoms with E-state index in [0.717, 1.165) is 103 Å². The first-order valence-electron chi connectivity index (χ1n) is 35.1. The predicted molar refractivity (Wildman–Crippen MR) is 353 cm³/mol. The Morgan fingerprint density at radius 2 is 0.481 bits per heavy atom. The van der Waals surface area contributed by atoms with Crippen LogP contribution in [0.25, 0.3) is 0 Å². The molecule has 6 nitrogen and oxygen atoms in total. The Balaban J connectivity index is 4.03. The van der Waals surface area contributed by atoms with Gasteiger partial charge in [0.15, 0.2) is 6.10 Å². The summed E-state index contributed by atoms with van der Waals surface area (Å²) in [6.45, 7) is 6.51. The van der Waals surface area contributed by atoms with E-state index in [2.05, 4.69) is 106 Å². The summed E-state index contributed by atoms with van der Waals surface area (Å²) in [4.78, 5) is 38.2. The van der Waals surface area contributed by atoms with Gasteiger partial charge in [-0.05, 0) is 96.3 Å². The van der Waals surface area contributed by atoms with Crippen LogP contribution in [0.3, 0.4) is 0 Å². The lowest BCUT2D eigenvalue weighted by molar-refractivity contribution is -0.167. The van der Waals surface area contributed by atoms with E-state index in [1.54, 1.807) is 0 Å². The molecule has 0 fully saturated rings. The van der Waals surface area contributed by atoms with Crippen LogP contribution in [0.1, 0.15) is 355 Å². The summed E-state index contributed by atoms with van der Waals surface area (Å²) in [5.41, 5.74) is 0. The number of carbonyl (C=O) groups is 3. The van der Waals surface area contributed by atoms with Crippen LogP contribution in [-0.4, -0.2) is 37.2 Å². The molecule has 0 aromatic carbocycles. The van der Waals surface area contributed by atoms with Gasteiger partial charge in [-0.15, -0.1) is 0 Å². The van der Waals surface area contributed by atoms with Crippen LogP contribution in [0.2, 0.25) is 0 Å². The lowest BCUT2D eigenvalue weighted by atomic mass is 10.0. The van der Waals surface area contributed by atoms with Crippen LogP contribution >= 0.6 is 0 Å². The third-order valence-corrected chi connectivity index (χ3v) is 15.4. The smallest absolute Gasteiger partial charge is 0.306 e. The van der Waals surface area contributed by atoms with Crippen molar-refractivity contribution in [2.75, 3.05) is 13.2 Å². The Kier molecular flexibility index (Phi) is 66.2. The van der Waals surface area contributed by atoms with Crippen molar-refractivity contribution in [3.63, 3.8) is 0 Å². The summed E-state index contributed by atoms with van der Waals surface area (Å²) in [5.74, 6) is -0.871. The SMILES string of the molecule is CC/C=C\C/C=C\C/C=C\C/C=C\CCCCCCCCCCCCCCCCCCCCCCC(=O)OCC(COC(=O)CCCCCCCCC)OC(=O)CCCCCCCCCC/C=C\C/C=C\C/C=C\CCCCCCC. The molecule has 0 saturated carbocycles. The van der Waals surface area contributed by atoms with Gasteiger partial charge in [-0.25, -0.2) is 0 Å². The van der Waals surface area contributed by atoms with Crippen molar-refractivity contribution in [3.05, 3.63) is 85.1 Å². The number of unbranched alkanes of at least 4 members (excludes halogenated alkanes) is 39. The molecule has 0 aliphatic heterocycles. The van der Waals surface area contributed by atoms with E-state index in [-0.39, 0.29) is 31.1 Å². The fourth-order valence-electron chi connectivity index (χ4n) is 10.2. The molecule has 0 aromatic rings. The Hall–Kier alpha value is -3.41. The fourth-order valence-corrected chi connectivity index (χ4v) is 10.2. The molecule has 0 saturated heterocycles. The quantitative estimate of drug-likeness (QED) is 0.0261. The minimum absolute atomic E-state index is 0.0748. The first kappa shape index (κ1) is 77.6. The normalized spacial score (nSPS) is 12.6. The van der Waals surface area contributed by atoms with Gasteiger partial charge in [-0.2, -0.15) is 0 Å². The zero-order valence-corrected chi connectivity index (χ0v) is 53.8. The number of hydrogen-bond donors (Lipinski definition) is 0. The van der Waals surface area contributed by atoms with Crippen molar-refractivity contribution in [1.29, 1.82) is 0 Å². The highest BCUT2D eigenvalue weighted by Crippen LogP contribution is 2.18. The maximum atomic E-state index is 12.9. The largest absolute Gasteiger partial charge is 0.462 e. The van der Waals surface area contributed by atoms with Crippen molar-refractivity contribution >= 4 is 17.9 Å². The van der Waals surface area contributed by atoms with Gasteiger partial charge >= 0.3 is 17.9 Å². The number of carbonyl (C=O) groups excluding carboxylic acids is 3. The molecule has 0 heterocycles. The molecule has 81 heavy (non-hydrogen) atoms. The number of ether oxygens (including phenoxy) is 3.